The molecule has 0 saturated heterocycles. The van der Waals surface area contributed by atoms with Gasteiger partial charge in [-0.15, -0.1) is 0 Å². The number of carbonyl (C=O) groups is 6. The highest BCUT2D eigenvalue weighted by atomic mass is 19.3. The van der Waals surface area contributed by atoms with E-state index < -0.39 is 247 Å². The lowest BCUT2D eigenvalue weighted by atomic mass is 9.82. The number of hydrogen-bond donors (Lipinski definition) is 0. The summed E-state index contributed by atoms with van der Waals surface area (Å²) in [6, 6.07) is 0. The van der Waals surface area contributed by atoms with Crippen LogP contribution >= 0.6 is 0 Å². The second-order valence-electron chi connectivity index (χ2n) is 24.6. The molecule has 0 radical (unpaired) electrons. The van der Waals surface area contributed by atoms with Gasteiger partial charge in [0.1, 0.15) is 19.8 Å². The second-order valence-corrected chi connectivity index (χ2v) is 24.6. The van der Waals surface area contributed by atoms with Crippen LogP contribution in [-0.4, -0.2) is 182 Å². The summed E-state index contributed by atoms with van der Waals surface area (Å²) in [5, 5.41) is 0. The van der Waals surface area contributed by atoms with Gasteiger partial charge in [-0.25, -0.2) is 26.3 Å². The summed E-state index contributed by atoms with van der Waals surface area (Å²) in [6.45, 7) is -18.5. The van der Waals surface area contributed by atoms with Crippen LogP contribution in [0.15, 0.2) is 0 Å². The number of halogens is 22. The topological polar surface area (TPSA) is 222 Å². The fraction of sp³-hybridized carbons (Fsp3) is 0.906. The third-order valence-corrected chi connectivity index (χ3v) is 16.8. The molecule has 0 spiro atoms. The monoisotopic (exact) mass is 1590 g/mol. The highest BCUT2D eigenvalue weighted by Gasteiger charge is 2.88. The maximum Gasteiger partial charge on any atom is 0.385 e. The smallest absolute Gasteiger partial charge is 0.385 e. The van der Waals surface area contributed by atoms with Crippen LogP contribution in [-0.2, 0) is 90.3 Å². The molecular weight excluding hydrogens is 1490 g/mol. The molecule has 2 atom stereocenters. The molecule has 0 aromatic rings. The Morgan fingerprint density at radius 3 is 0.800 bits per heavy atom. The Balaban J connectivity index is 9.71. The van der Waals surface area contributed by atoms with Crippen LogP contribution in [0.3, 0.4) is 0 Å². The third-order valence-electron chi connectivity index (χ3n) is 16.8. The van der Waals surface area contributed by atoms with Gasteiger partial charge in [0.05, 0.1) is 94.4 Å². The van der Waals surface area contributed by atoms with Gasteiger partial charge in [0.15, 0.2) is 25.2 Å². The van der Waals surface area contributed by atoms with Crippen molar-refractivity contribution in [2.24, 2.45) is 46.3 Å². The van der Waals surface area contributed by atoms with Crippen LogP contribution in [0.2, 0.25) is 0 Å². The molecule has 41 heteroatoms. The van der Waals surface area contributed by atoms with E-state index in [0.29, 0.717) is 0 Å². The lowest BCUT2D eigenvalue weighted by molar-refractivity contribution is -0.562. The molecule has 19 nitrogen and oxygen atoms in total. The van der Waals surface area contributed by atoms with Crippen LogP contribution in [0.1, 0.15) is 179 Å². The molecule has 2 unspecified atom stereocenters. The molecule has 0 aliphatic heterocycles. The first-order valence-electron chi connectivity index (χ1n) is 33.8. The Bertz CT molecular complexity index is 2600. The van der Waals surface area contributed by atoms with Crippen LogP contribution in [0.25, 0.3) is 0 Å². The molecule has 0 amide bonds. The summed E-state index contributed by atoms with van der Waals surface area (Å²) in [5.74, 6) is -31.6. The van der Waals surface area contributed by atoms with E-state index in [1.54, 1.807) is 0 Å². The number of rotatable bonds is 58. The molecular formula is C64H96F22O19. The maximum absolute atomic E-state index is 18.0. The van der Waals surface area contributed by atoms with E-state index in [-0.39, 0.29) is 77.0 Å². The number of ether oxygens (including phenoxy) is 13. The molecule has 0 aliphatic carbocycles. The minimum Gasteiger partial charge on any atom is -0.465 e. The molecule has 0 bridgehead atoms. The van der Waals surface area contributed by atoms with Gasteiger partial charge >= 0.3 is 102 Å². The SMILES string of the molecule is CCC(CC)C(=O)OCCC(F)(F)OCC(COCC(F)(F)COC(=O)C(CC)CC)(C(F)(F)OC(F)(F)CCOC(=O)C(CC)CC)C(F)(F)OC(F)(F)C(COCC(F)(F)COC(=O)C(CC)CC)(C(F)(F)OCC(F)(F)COC(=O)C(CC)CC)C(F)(F)OC(F)(F)CCOC(=O)C(CC)CC. The Labute approximate surface area is 593 Å². The summed E-state index contributed by atoms with van der Waals surface area (Å²) in [6.07, 6.45) is -66.7. The lowest BCUT2D eigenvalue weighted by Gasteiger charge is -2.50. The lowest BCUT2D eigenvalue weighted by Crippen LogP contribution is -2.72. The summed E-state index contributed by atoms with van der Waals surface area (Å²) in [5.41, 5.74) is -14.4. The number of carbonyl (C=O) groups excluding carboxylic acids is 6. The van der Waals surface area contributed by atoms with Gasteiger partial charge in [-0.05, 0) is 77.0 Å². The normalized spacial score (nSPS) is 14.9. The first-order valence-corrected chi connectivity index (χ1v) is 33.8. The zero-order chi connectivity index (χ0) is 81.7. The molecule has 620 valence electrons. The van der Waals surface area contributed by atoms with E-state index in [0.717, 1.165) is 0 Å². The van der Waals surface area contributed by atoms with Crippen molar-refractivity contribution in [3.05, 3.63) is 0 Å². The Morgan fingerprint density at radius 1 is 0.248 bits per heavy atom. The molecule has 0 fully saturated rings. The van der Waals surface area contributed by atoms with Gasteiger partial charge in [0, 0.05) is 0 Å². The highest BCUT2D eigenvalue weighted by Crippen LogP contribution is 2.64. The first kappa shape index (κ1) is 100. The highest BCUT2D eigenvalue weighted by molar-refractivity contribution is 5.74. The van der Waals surface area contributed by atoms with Crippen molar-refractivity contribution in [3.8, 4) is 0 Å². The molecule has 0 saturated carbocycles. The molecule has 0 aromatic carbocycles. The quantitative estimate of drug-likeness (QED) is 0.0314. The fourth-order valence-electron chi connectivity index (χ4n) is 9.57. The Morgan fingerprint density at radius 2 is 0.495 bits per heavy atom. The average Bonchev–Trinajstić information content (AvgIpc) is 0.700. The van der Waals surface area contributed by atoms with Crippen LogP contribution in [0.5, 0.6) is 0 Å². The van der Waals surface area contributed by atoms with Crippen LogP contribution in [0.4, 0.5) is 96.6 Å². The largest absolute Gasteiger partial charge is 0.465 e. The Hall–Kier alpha value is -5.00. The van der Waals surface area contributed by atoms with Crippen LogP contribution < -0.4 is 0 Å². The van der Waals surface area contributed by atoms with E-state index in [4.69, 9.17) is 0 Å². The number of alkyl halides is 22. The van der Waals surface area contributed by atoms with Crippen molar-refractivity contribution in [2.75, 3.05) is 79.3 Å². The van der Waals surface area contributed by atoms with Crippen molar-refractivity contribution < 1.29 is 187 Å². The predicted octanol–water partition coefficient (Wildman–Crippen LogP) is 16.8. The average molecular weight is 1590 g/mol. The van der Waals surface area contributed by atoms with Gasteiger partial charge in [-0.3, -0.25) is 43.0 Å². The van der Waals surface area contributed by atoms with Crippen molar-refractivity contribution in [2.45, 2.75) is 246 Å². The van der Waals surface area contributed by atoms with E-state index >= 15 is 96.6 Å². The van der Waals surface area contributed by atoms with Gasteiger partial charge in [0.25, 0.3) is 5.41 Å². The van der Waals surface area contributed by atoms with Crippen molar-refractivity contribution in [3.63, 3.8) is 0 Å². The zero-order valence-electron chi connectivity index (χ0n) is 60.1. The molecule has 105 heavy (non-hydrogen) atoms. The van der Waals surface area contributed by atoms with Gasteiger partial charge in [-0.1, -0.05) is 83.1 Å². The first-order chi connectivity index (χ1) is 48.1. The van der Waals surface area contributed by atoms with E-state index in [9.17, 15) is 28.8 Å². The molecule has 0 rings (SSSR count). The van der Waals surface area contributed by atoms with Crippen LogP contribution in [0, 0.1) is 46.3 Å². The van der Waals surface area contributed by atoms with Gasteiger partial charge in [0.2, 0.25) is 0 Å². The Kier molecular flexibility index (Phi) is 40.8. The number of esters is 6. The molecule has 0 aromatic heterocycles. The summed E-state index contributed by atoms with van der Waals surface area (Å²) in [7, 11) is 0. The third kappa shape index (κ3) is 30.4. The molecule has 0 N–H and O–H groups in total. The predicted molar refractivity (Wildman–Crippen MR) is 320 cm³/mol. The molecule has 0 aliphatic rings. The maximum atomic E-state index is 18.0. The van der Waals surface area contributed by atoms with E-state index in [2.05, 4.69) is 61.6 Å². The summed E-state index contributed by atoms with van der Waals surface area (Å²) < 4.78 is 418. The van der Waals surface area contributed by atoms with E-state index in [1.165, 1.54) is 83.1 Å². The van der Waals surface area contributed by atoms with Crippen molar-refractivity contribution >= 4 is 35.8 Å². The summed E-state index contributed by atoms with van der Waals surface area (Å²) in [4.78, 5) is 75.2. The van der Waals surface area contributed by atoms with E-state index in [1.807, 2.05) is 0 Å². The van der Waals surface area contributed by atoms with Crippen molar-refractivity contribution in [1.82, 2.24) is 0 Å². The summed E-state index contributed by atoms with van der Waals surface area (Å²) >= 11 is 0. The fourth-order valence-corrected chi connectivity index (χ4v) is 9.57. The van der Waals surface area contributed by atoms with Gasteiger partial charge in [-0.2, -0.15) is 70.2 Å². The molecule has 0 heterocycles. The minimum atomic E-state index is -8.40. The number of hydrogen-bond acceptors (Lipinski definition) is 19. The second kappa shape index (κ2) is 42.8. The standard InChI is InChI=1S/C64H96F22O19/c1-13-40(14-2)46(87)95-28-25-57(71,72)101-32-52(31-93-33-53(65,66)35-98-49(90)43(19-7)20-8,60(77,78)103-58(73,74)26-29-96-47(88)41(15-3)16-4)61(79,80)105-64(85,86)56(39-94-34-54(67,68)36-99-50(91)44(21-9)22-10,62(81,82)102-38-55(69,70)37-100-51(92)45(23-11)24-12)63(83,84)104-59(75,76)27-30-97-48(89)42(17-5)18-6/h40-45H,13-39H2,1-12H3. The minimum absolute atomic E-state index is 0.0733. The van der Waals surface area contributed by atoms with Crippen molar-refractivity contribution in [1.29, 1.82) is 0 Å². The van der Waals surface area contributed by atoms with Gasteiger partial charge < -0.3 is 47.4 Å². The zero-order valence-corrected chi connectivity index (χ0v) is 60.1.